The van der Waals surface area contributed by atoms with Crippen LogP contribution in [0.15, 0.2) is 60.7 Å². The molecule has 0 aliphatic heterocycles. The van der Waals surface area contributed by atoms with Gasteiger partial charge in [-0.05, 0) is 60.0 Å². The molecule has 1 N–H and O–H groups in total. The van der Waals surface area contributed by atoms with Crippen LogP contribution in [0.4, 0.5) is 8.78 Å². The molecule has 0 spiro atoms. The van der Waals surface area contributed by atoms with E-state index in [1.807, 2.05) is 12.1 Å². The van der Waals surface area contributed by atoms with Crippen molar-refractivity contribution in [3.8, 4) is 11.5 Å². The number of rotatable bonds is 9. The highest BCUT2D eigenvalue weighted by molar-refractivity contribution is 6.32. The molecular formula is C23H23Cl2F2NO2. The van der Waals surface area contributed by atoms with Crippen LogP contribution in [0.25, 0.3) is 0 Å². The monoisotopic (exact) mass is 453 g/mol. The third kappa shape index (κ3) is 6.59. The Morgan fingerprint density at radius 2 is 1.70 bits per heavy atom. The van der Waals surface area contributed by atoms with Gasteiger partial charge in [0.1, 0.15) is 18.2 Å². The van der Waals surface area contributed by atoms with Crippen LogP contribution >= 0.6 is 24.0 Å². The van der Waals surface area contributed by atoms with Gasteiger partial charge in [-0.1, -0.05) is 41.9 Å². The first kappa shape index (κ1) is 23.9. The van der Waals surface area contributed by atoms with Gasteiger partial charge < -0.3 is 14.8 Å². The van der Waals surface area contributed by atoms with Crippen LogP contribution in [-0.4, -0.2) is 13.7 Å². The molecule has 0 atom stereocenters. The summed E-state index contributed by atoms with van der Waals surface area (Å²) in [4.78, 5) is 0. The van der Waals surface area contributed by atoms with E-state index < -0.39 is 0 Å². The van der Waals surface area contributed by atoms with Crippen LogP contribution in [0, 0.1) is 11.6 Å². The predicted octanol–water partition coefficient (Wildman–Crippen LogP) is 5.96. The van der Waals surface area contributed by atoms with E-state index in [0.29, 0.717) is 41.6 Å². The zero-order valence-corrected chi connectivity index (χ0v) is 18.0. The van der Waals surface area contributed by atoms with Gasteiger partial charge in [0.2, 0.25) is 0 Å². The first-order valence-electron chi connectivity index (χ1n) is 9.24. The van der Waals surface area contributed by atoms with Gasteiger partial charge in [0.15, 0.2) is 11.5 Å². The normalized spacial score (nSPS) is 10.4. The smallest absolute Gasteiger partial charge is 0.180 e. The van der Waals surface area contributed by atoms with E-state index in [2.05, 4.69) is 5.32 Å². The van der Waals surface area contributed by atoms with Crippen molar-refractivity contribution in [1.82, 2.24) is 5.32 Å². The molecule has 0 saturated carbocycles. The van der Waals surface area contributed by atoms with Crippen LogP contribution in [0.2, 0.25) is 5.02 Å². The van der Waals surface area contributed by atoms with Crippen molar-refractivity contribution in [2.45, 2.75) is 19.6 Å². The Hall–Kier alpha value is -2.34. The lowest BCUT2D eigenvalue weighted by Gasteiger charge is -2.15. The van der Waals surface area contributed by atoms with Gasteiger partial charge in [-0.25, -0.2) is 8.78 Å². The number of hydrogen-bond acceptors (Lipinski definition) is 3. The second-order valence-corrected chi connectivity index (χ2v) is 6.95. The molecule has 3 rings (SSSR count). The fourth-order valence-electron chi connectivity index (χ4n) is 2.91. The second kappa shape index (κ2) is 11.7. The first-order chi connectivity index (χ1) is 14.1. The van der Waals surface area contributed by atoms with Crippen LogP contribution in [-0.2, 0) is 19.6 Å². The van der Waals surface area contributed by atoms with Crippen LogP contribution in [0.3, 0.4) is 0 Å². The minimum absolute atomic E-state index is 0. The molecule has 0 bridgehead atoms. The minimum Gasteiger partial charge on any atom is -0.493 e. The van der Waals surface area contributed by atoms with Gasteiger partial charge in [-0.2, -0.15) is 0 Å². The first-order valence-corrected chi connectivity index (χ1v) is 9.62. The third-order valence-corrected chi connectivity index (χ3v) is 4.72. The summed E-state index contributed by atoms with van der Waals surface area (Å²) in [5, 5.41) is 3.71. The Kier molecular flexibility index (Phi) is 9.37. The summed E-state index contributed by atoms with van der Waals surface area (Å²) in [7, 11) is 1.55. The Bertz CT molecular complexity index is 952. The minimum atomic E-state index is -0.295. The molecule has 0 aromatic heterocycles. The third-order valence-electron chi connectivity index (χ3n) is 4.44. The van der Waals surface area contributed by atoms with Crippen molar-refractivity contribution in [1.29, 1.82) is 0 Å². The number of ether oxygens (including phenoxy) is 2. The van der Waals surface area contributed by atoms with Crippen molar-refractivity contribution in [2.75, 3.05) is 13.7 Å². The van der Waals surface area contributed by atoms with E-state index in [-0.39, 0.29) is 30.6 Å². The van der Waals surface area contributed by atoms with Crippen molar-refractivity contribution < 1.29 is 18.3 Å². The van der Waals surface area contributed by atoms with E-state index in [4.69, 9.17) is 21.1 Å². The highest BCUT2D eigenvalue weighted by Gasteiger charge is 2.12. The van der Waals surface area contributed by atoms with Crippen molar-refractivity contribution >= 4 is 24.0 Å². The SMILES string of the molecule is COc1cc(CNCCc2ccccc2F)cc(Cl)c1OCc1ccc(F)cc1.Cl. The lowest BCUT2D eigenvalue weighted by molar-refractivity contribution is 0.284. The van der Waals surface area contributed by atoms with E-state index in [1.54, 1.807) is 37.4 Å². The molecule has 0 amide bonds. The molecule has 0 heterocycles. The van der Waals surface area contributed by atoms with Gasteiger partial charge in [0, 0.05) is 6.54 Å². The standard InChI is InChI=1S/C23H22ClF2NO2.ClH/c1-28-22-13-17(14-27-11-10-18-4-2-3-5-21(18)26)12-20(24)23(22)29-15-16-6-8-19(25)9-7-16;/h2-9,12-13,27H,10-11,14-15H2,1H3;1H. The molecule has 3 aromatic rings. The summed E-state index contributed by atoms with van der Waals surface area (Å²) in [6, 6.07) is 16.5. The van der Waals surface area contributed by atoms with Gasteiger partial charge in [0.05, 0.1) is 12.1 Å². The zero-order valence-electron chi connectivity index (χ0n) is 16.5. The van der Waals surface area contributed by atoms with Crippen LogP contribution < -0.4 is 14.8 Å². The second-order valence-electron chi connectivity index (χ2n) is 6.54. The maximum Gasteiger partial charge on any atom is 0.180 e. The van der Waals surface area contributed by atoms with Crippen molar-refractivity contribution in [3.05, 3.63) is 94.0 Å². The summed E-state index contributed by atoms with van der Waals surface area (Å²) >= 11 is 6.39. The molecule has 0 aliphatic rings. The highest BCUT2D eigenvalue weighted by Crippen LogP contribution is 2.37. The van der Waals surface area contributed by atoms with Crippen LogP contribution in [0.1, 0.15) is 16.7 Å². The summed E-state index contributed by atoms with van der Waals surface area (Å²) < 4.78 is 37.9. The lowest BCUT2D eigenvalue weighted by atomic mass is 10.1. The molecule has 160 valence electrons. The topological polar surface area (TPSA) is 30.5 Å². The molecule has 30 heavy (non-hydrogen) atoms. The van der Waals surface area contributed by atoms with Crippen molar-refractivity contribution in [2.24, 2.45) is 0 Å². The van der Waals surface area contributed by atoms with E-state index in [0.717, 1.165) is 11.1 Å². The Morgan fingerprint density at radius 1 is 0.967 bits per heavy atom. The molecule has 3 aromatic carbocycles. The van der Waals surface area contributed by atoms with Crippen LogP contribution in [0.5, 0.6) is 11.5 Å². The largest absolute Gasteiger partial charge is 0.493 e. The van der Waals surface area contributed by atoms with E-state index >= 15 is 0 Å². The average molecular weight is 454 g/mol. The summed E-state index contributed by atoms with van der Waals surface area (Å²) in [5.74, 6) is 0.469. The molecule has 0 aliphatic carbocycles. The van der Waals surface area contributed by atoms with Gasteiger partial charge in [-0.3, -0.25) is 0 Å². The molecule has 7 heteroatoms. The van der Waals surface area contributed by atoms with E-state index in [1.165, 1.54) is 18.2 Å². The number of benzene rings is 3. The average Bonchev–Trinajstić information content (AvgIpc) is 2.72. The predicted molar refractivity (Wildman–Crippen MR) is 118 cm³/mol. The number of halogens is 4. The number of hydrogen-bond donors (Lipinski definition) is 1. The Morgan fingerprint density at radius 3 is 2.40 bits per heavy atom. The Balaban J connectivity index is 0.00000320. The lowest BCUT2D eigenvalue weighted by Crippen LogP contribution is -2.17. The van der Waals surface area contributed by atoms with E-state index in [9.17, 15) is 8.78 Å². The summed E-state index contributed by atoms with van der Waals surface area (Å²) in [6.07, 6.45) is 0.594. The maximum absolute atomic E-state index is 13.7. The quantitative estimate of drug-likeness (QED) is 0.405. The maximum atomic E-state index is 13.7. The molecule has 0 unspecified atom stereocenters. The Labute approximate surface area is 186 Å². The number of nitrogens with one attached hydrogen (secondary N) is 1. The number of methoxy groups -OCH3 is 1. The van der Waals surface area contributed by atoms with Gasteiger partial charge in [-0.15, -0.1) is 12.4 Å². The molecule has 0 radical (unpaired) electrons. The fourth-order valence-corrected chi connectivity index (χ4v) is 3.20. The highest BCUT2D eigenvalue weighted by atomic mass is 35.5. The molecule has 0 saturated heterocycles. The summed E-state index contributed by atoms with van der Waals surface area (Å²) in [5.41, 5.74) is 2.43. The molecule has 3 nitrogen and oxygen atoms in total. The van der Waals surface area contributed by atoms with Crippen molar-refractivity contribution in [3.63, 3.8) is 0 Å². The van der Waals surface area contributed by atoms with Gasteiger partial charge in [0.25, 0.3) is 0 Å². The fraction of sp³-hybridized carbons (Fsp3) is 0.217. The zero-order chi connectivity index (χ0) is 20.6. The molecule has 0 fully saturated rings. The van der Waals surface area contributed by atoms with Gasteiger partial charge >= 0.3 is 0 Å². The molecular weight excluding hydrogens is 431 g/mol. The summed E-state index contributed by atoms with van der Waals surface area (Å²) in [6.45, 7) is 1.43.